The molecular formula is C18H23N4O2S+. The van der Waals surface area contributed by atoms with Gasteiger partial charge in [0.15, 0.2) is 11.0 Å². The maximum absolute atomic E-state index is 12.7. The molecule has 2 amide bonds. The number of thiocarbonyl (C=S) groups is 1. The molecule has 2 saturated heterocycles. The quantitative estimate of drug-likeness (QED) is 0.448. The number of piperidine rings is 1. The molecule has 2 N–H and O–H groups in total. The number of para-hydroxylation sites is 1. The standard InChI is InChI=1S/C18H22N4O2S/c23-16-15(13-19-9-12-21-10-5-2-6-11-21)17(24)22(18(25)20-16)14-7-3-1-4-8-14/h1,3-4,7-8,13,15H,2,5-6,9-12H2,(H,20,23,25)/p+1/t15-/m1/s1. The number of benzene rings is 1. The molecule has 0 radical (unpaired) electrons. The first-order valence-corrected chi connectivity index (χ1v) is 9.15. The third-order valence-corrected chi connectivity index (χ3v) is 4.91. The molecule has 0 aromatic heterocycles. The van der Waals surface area contributed by atoms with Crippen LogP contribution in [-0.4, -0.2) is 49.3 Å². The SMILES string of the molecule is O=C1NC(=S)N(c2ccccc2)C(=O)[C@@H]1C=NCC[NH+]1CCCCC1. The molecule has 2 heterocycles. The monoisotopic (exact) mass is 359 g/mol. The lowest BCUT2D eigenvalue weighted by Crippen LogP contribution is -3.13. The number of hydrogen-bond donors (Lipinski definition) is 2. The topological polar surface area (TPSA) is 66.2 Å². The molecule has 0 bridgehead atoms. The lowest BCUT2D eigenvalue weighted by Gasteiger charge is -2.30. The van der Waals surface area contributed by atoms with E-state index in [1.165, 1.54) is 43.5 Å². The number of nitrogens with one attached hydrogen (secondary N) is 2. The van der Waals surface area contributed by atoms with Gasteiger partial charge >= 0.3 is 0 Å². The van der Waals surface area contributed by atoms with Crippen LogP contribution in [0.3, 0.4) is 0 Å². The fourth-order valence-electron chi connectivity index (χ4n) is 3.25. The molecule has 0 saturated carbocycles. The third-order valence-electron chi connectivity index (χ3n) is 4.63. The van der Waals surface area contributed by atoms with Crippen molar-refractivity contribution in [2.24, 2.45) is 10.9 Å². The smallest absolute Gasteiger partial charge is 0.251 e. The van der Waals surface area contributed by atoms with Gasteiger partial charge in [-0.1, -0.05) is 18.2 Å². The Kier molecular flexibility index (Phi) is 5.88. The van der Waals surface area contributed by atoms with Crippen LogP contribution in [0.15, 0.2) is 35.3 Å². The van der Waals surface area contributed by atoms with Gasteiger partial charge in [-0.05, 0) is 43.6 Å². The number of amides is 2. The molecule has 2 aliphatic heterocycles. The summed E-state index contributed by atoms with van der Waals surface area (Å²) in [6, 6.07) is 9.09. The Morgan fingerprint density at radius 1 is 1.20 bits per heavy atom. The van der Waals surface area contributed by atoms with Crippen molar-refractivity contribution in [3.63, 3.8) is 0 Å². The van der Waals surface area contributed by atoms with E-state index in [1.807, 2.05) is 18.2 Å². The van der Waals surface area contributed by atoms with Crippen molar-refractivity contribution in [1.82, 2.24) is 5.32 Å². The number of quaternary nitrogens is 1. The first-order chi connectivity index (χ1) is 12.2. The summed E-state index contributed by atoms with van der Waals surface area (Å²) < 4.78 is 0. The Hall–Kier alpha value is -2.12. The van der Waals surface area contributed by atoms with Crippen LogP contribution < -0.4 is 15.1 Å². The summed E-state index contributed by atoms with van der Waals surface area (Å²) in [5.74, 6) is -1.69. The molecule has 3 rings (SSSR count). The molecule has 6 nitrogen and oxygen atoms in total. The van der Waals surface area contributed by atoms with E-state index in [4.69, 9.17) is 12.2 Å². The van der Waals surface area contributed by atoms with E-state index >= 15 is 0 Å². The molecule has 1 aromatic rings. The summed E-state index contributed by atoms with van der Waals surface area (Å²) in [6.07, 6.45) is 5.33. The number of carbonyl (C=O) groups excluding carboxylic acids is 2. The summed E-state index contributed by atoms with van der Waals surface area (Å²) in [5.41, 5.74) is 0.647. The highest BCUT2D eigenvalue weighted by Gasteiger charge is 2.38. The third kappa shape index (κ3) is 4.29. The number of carbonyl (C=O) groups is 2. The van der Waals surface area contributed by atoms with Gasteiger partial charge in [0.1, 0.15) is 0 Å². The molecule has 132 valence electrons. The van der Waals surface area contributed by atoms with E-state index in [0.717, 1.165) is 6.54 Å². The normalized spacial score (nSPS) is 22.5. The van der Waals surface area contributed by atoms with E-state index in [0.29, 0.717) is 12.2 Å². The highest BCUT2D eigenvalue weighted by molar-refractivity contribution is 7.80. The molecule has 1 aromatic carbocycles. The second kappa shape index (κ2) is 8.31. The zero-order valence-electron chi connectivity index (χ0n) is 14.1. The molecule has 2 fully saturated rings. The van der Waals surface area contributed by atoms with E-state index in [9.17, 15) is 9.59 Å². The van der Waals surface area contributed by atoms with Crippen molar-refractivity contribution in [3.8, 4) is 0 Å². The molecule has 0 spiro atoms. The minimum atomic E-state index is -0.928. The lowest BCUT2D eigenvalue weighted by molar-refractivity contribution is -0.903. The maximum atomic E-state index is 12.7. The average molecular weight is 359 g/mol. The second-order valence-electron chi connectivity index (χ2n) is 6.40. The number of nitrogens with zero attached hydrogens (tertiary/aromatic N) is 2. The van der Waals surface area contributed by atoms with Crippen LogP contribution in [0.4, 0.5) is 5.69 Å². The van der Waals surface area contributed by atoms with Crippen molar-refractivity contribution in [3.05, 3.63) is 30.3 Å². The van der Waals surface area contributed by atoms with Gasteiger partial charge in [-0.3, -0.25) is 19.5 Å². The van der Waals surface area contributed by atoms with Gasteiger partial charge in [0.2, 0.25) is 5.91 Å². The van der Waals surface area contributed by atoms with Crippen molar-refractivity contribution >= 4 is 41.0 Å². The number of likely N-dealkylation sites (tertiary alicyclic amines) is 1. The maximum Gasteiger partial charge on any atom is 0.251 e. The Bertz CT molecular complexity index is 671. The van der Waals surface area contributed by atoms with Crippen molar-refractivity contribution in [1.29, 1.82) is 0 Å². The van der Waals surface area contributed by atoms with Gasteiger partial charge in [0, 0.05) is 6.21 Å². The summed E-state index contributed by atoms with van der Waals surface area (Å²) in [5, 5.41) is 2.71. The van der Waals surface area contributed by atoms with Gasteiger partial charge in [0.05, 0.1) is 31.9 Å². The van der Waals surface area contributed by atoms with Gasteiger partial charge in [-0.15, -0.1) is 0 Å². The van der Waals surface area contributed by atoms with Crippen LogP contribution in [0.25, 0.3) is 0 Å². The number of anilines is 1. The van der Waals surface area contributed by atoms with E-state index < -0.39 is 11.8 Å². The predicted octanol–water partition coefficient (Wildman–Crippen LogP) is 0.190. The average Bonchev–Trinajstić information content (AvgIpc) is 2.62. The minimum absolute atomic E-state index is 0.114. The van der Waals surface area contributed by atoms with Crippen molar-refractivity contribution < 1.29 is 14.5 Å². The molecule has 1 atom stereocenters. The lowest BCUT2D eigenvalue weighted by atomic mass is 10.1. The Morgan fingerprint density at radius 3 is 2.64 bits per heavy atom. The number of rotatable bonds is 5. The minimum Gasteiger partial charge on any atom is -0.333 e. The van der Waals surface area contributed by atoms with Gasteiger partial charge in [-0.2, -0.15) is 0 Å². The van der Waals surface area contributed by atoms with Crippen LogP contribution in [-0.2, 0) is 9.59 Å². The highest BCUT2D eigenvalue weighted by atomic mass is 32.1. The summed E-state index contributed by atoms with van der Waals surface area (Å²) >= 11 is 5.16. The van der Waals surface area contributed by atoms with Crippen LogP contribution in [0.5, 0.6) is 0 Å². The Balaban J connectivity index is 1.63. The summed E-state index contributed by atoms with van der Waals surface area (Å²) in [7, 11) is 0. The number of hydrogen-bond acceptors (Lipinski definition) is 4. The zero-order valence-corrected chi connectivity index (χ0v) is 14.9. The van der Waals surface area contributed by atoms with E-state index in [2.05, 4.69) is 10.3 Å². The summed E-state index contributed by atoms with van der Waals surface area (Å²) in [6.45, 7) is 3.95. The molecule has 25 heavy (non-hydrogen) atoms. The van der Waals surface area contributed by atoms with Crippen LogP contribution in [0.1, 0.15) is 19.3 Å². The number of aliphatic imine (C=N–C) groups is 1. The molecule has 7 heteroatoms. The zero-order chi connectivity index (χ0) is 17.6. The fraction of sp³-hybridized carbons (Fsp3) is 0.444. The summed E-state index contributed by atoms with van der Waals surface area (Å²) in [4.78, 5) is 32.1. The van der Waals surface area contributed by atoms with Crippen molar-refractivity contribution in [2.45, 2.75) is 19.3 Å². The Labute approximate surface area is 152 Å². The predicted molar refractivity (Wildman–Crippen MR) is 101 cm³/mol. The first kappa shape index (κ1) is 17.7. The molecule has 2 aliphatic rings. The van der Waals surface area contributed by atoms with Crippen LogP contribution in [0, 0.1) is 5.92 Å². The molecule has 0 aliphatic carbocycles. The van der Waals surface area contributed by atoms with Gasteiger partial charge in [0.25, 0.3) is 5.91 Å². The van der Waals surface area contributed by atoms with E-state index in [-0.39, 0.29) is 11.0 Å². The van der Waals surface area contributed by atoms with Gasteiger partial charge < -0.3 is 10.2 Å². The largest absolute Gasteiger partial charge is 0.333 e. The second-order valence-corrected chi connectivity index (χ2v) is 6.78. The molecule has 0 unspecified atom stereocenters. The van der Waals surface area contributed by atoms with Crippen LogP contribution in [0.2, 0.25) is 0 Å². The fourth-order valence-corrected chi connectivity index (χ4v) is 3.54. The van der Waals surface area contributed by atoms with Gasteiger partial charge in [-0.25, -0.2) is 0 Å². The Morgan fingerprint density at radius 2 is 1.92 bits per heavy atom. The molecular weight excluding hydrogens is 336 g/mol. The van der Waals surface area contributed by atoms with Crippen LogP contribution >= 0.6 is 12.2 Å². The highest BCUT2D eigenvalue weighted by Crippen LogP contribution is 2.19. The van der Waals surface area contributed by atoms with Crippen molar-refractivity contribution in [2.75, 3.05) is 31.1 Å². The van der Waals surface area contributed by atoms with E-state index in [1.54, 1.807) is 17.0 Å². The first-order valence-electron chi connectivity index (χ1n) is 8.74.